The van der Waals surface area contributed by atoms with E-state index in [2.05, 4.69) is 24.2 Å². The van der Waals surface area contributed by atoms with Gasteiger partial charge in [0.1, 0.15) is 0 Å². The van der Waals surface area contributed by atoms with Crippen LogP contribution in [0.15, 0.2) is 0 Å². The third kappa shape index (κ3) is 1.96. The van der Waals surface area contributed by atoms with Crippen LogP contribution in [0.2, 0.25) is 0 Å². The molecule has 0 aromatic rings. The molecule has 0 saturated carbocycles. The Morgan fingerprint density at radius 3 is 2.90 bits per heavy atom. The molecule has 60 valence electrons. The lowest BCUT2D eigenvalue weighted by Gasteiger charge is -2.22. The minimum absolute atomic E-state index is 0.806. The van der Waals surface area contributed by atoms with Crippen LogP contribution in [-0.2, 0) is 0 Å². The van der Waals surface area contributed by atoms with Gasteiger partial charge < -0.3 is 10.2 Å². The van der Waals surface area contributed by atoms with Gasteiger partial charge in [-0.15, -0.1) is 0 Å². The number of nitrogens with zero attached hydrogens (tertiary/aromatic N) is 1. The van der Waals surface area contributed by atoms with Gasteiger partial charge >= 0.3 is 0 Å². The monoisotopic (exact) mass is 142 g/mol. The van der Waals surface area contributed by atoms with Crippen molar-refractivity contribution >= 4 is 0 Å². The highest BCUT2D eigenvalue weighted by Gasteiger charge is 2.17. The van der Waals surface area contributed by atoms with Crippen LogP contribution in [-0.4, -0.2) is 37.6 Å². The lowest BCUT2D eigenvalue weighted by Crippen LogP contribution is -2.33. The number of hydrogen-bond acceptors (Lipinski definition) is 2. The first kappa shape index (κ1) is 8.02. The first-order chi connectivity index (χ1) is 4.84. The van der Waals surface area contributed by atoms with E-state index < -0.39 is 0 Å². The lowest BCUT2D eigenvalue weighted by molar-refractivity contribution is 0.258. The molecule has 1 saturated heterocycles. The Morgan fingerprint density at radius 2 is 2.40 bits per heavy atom. The molecule has 1 aliphatic rings. The maximum atomic E-state index is 3.37. The minimum atomic E-state index is 0.806. The van der Waals surface area contributed by atoms with Crippen molar-refractivity contribution in [2.24, 2.45) is 0 Å². The number of likely N-dealkylation sites (N-methyl/N-ethyl adjacent to an activating group) is 1. The topological polar surface area (TPSA) is 15.3 Å². The minimum Gasteiger partial charge on any atom is -0.315 e. The number of rotatable bonds is 3. The summed E-state index contributed by atoms with van der Waals surface area (Å²) in [6.45, 7) is 5.88. The Bertz CT molecular complexity index is 87.3. The van der Waals surface area contributed by atoms with Gasteiger partial charge in [0.2, 0.25) is 0 Å². The Labute approximate surface area is 63.6 Å². The third-order valence-corrected chi connectivity index (χ3v) is 2.23. The first-order valence-corrected chi connectivity index (χ1v) is 4.25. The van der Waals surface area contributed by atoms with Crippen LogP contribution >= 0.6 is 0 Å². The zero-order chi connectivity index (χ0) is 7.40. The summed E-state index contributed by atoms with van der Waals surface area (Å²) in [6, 6.07) is 0.806. The molecule has 1 unspecified atom stereocenters. The second kappa shape index (κ2) is 3.94. The van der Waals surface area contributed by atoms with E-state index in [4.69, 9.17) is 0 Å². The van der Waals surface area contributed by atoms with Gasteiger partial charge in [0.25, 0.3) is 0 Å². The molecule has 1 fully saturated rings. The SMILES string of the molecule is CCCN(C)C1CCNC1. The van der Waals surface area contributed by atoms with E-state index in [9.17, 15) is 0 Å². The molecule has 2 nitrogen and oxygen atoms in total. The zero-order valence-electron chi connectivity index (χ0n) is 7.06. The summed E-state index contributed by atoms with van der Waals surface area (Å²) in [5, 5.41) is 3.37. The molecule has 0 spiro atoms. The van der Waals surface area contributed by atoms with Crippen molar-refractivity contribution in [2.75, 3.05) is 26.7 Å². The van der Waals surface area contributed by atoms with Gasteiger partial charge in [-0.25, -0.2) is 0 Å². The van der Waals surface area contributed by atoms with Crippen molar-refractivity contribution in [1.29, 1.82) is 0 Å². The van der Waals surface area contributed by atoms with Gasteiger partial charge in [-0.3, -0.25) is 0 Å². The number of nitrogens with one attached hydrogen (secondary N) is 1. The Hall–Kier alpha value is -0.0800. The molecule has 1 N–H and O–H groups in total. The van der Waals surface area contributed by atoms with Crippen molar-refractivity contribution in [3.8, 4) is 0 Å². The second-order valence-electron chi connectivity index (χ2n) is 3.13. The van der Waals surface area contributed by atoms with Gasteiger partial charge in [0, 0.05) is 12.6 Å². The Balaban J connectivity index is 2.18. The molecule has 0 radical (unpaired) electrons. The largest absolute Gasteiger partial charge is 0.315 e. The molecule has 1 atom stereocenters. The molecule has 0 aliphatic carbocycles. The molecule has 0 aromatic carbocycles. The van der Waals surface area contributed by atoms with Crippen LogP contribution in [0, 0.1) is 0 Å². The van der Waals surface area contributed by atoms with E-state index >= 15 is 0 Å². The van der Waals surface area contributed by atoms with Crippen LogP contribution in [0.25, 0.3) is 0 Å². The highest BCUT2D eigenvalue weighted by Crippen LogP contribution is 2.05. The van der Waals surface area contributed by atoms with E-state index in [1.54, 1.807) is 0 Å². The summed E-state index contributed by atoms with van der Waals surface area (Å²) in [7, 11) is 2.22. The molecular formula is C8H18N2. The van der Waals surface area contributed by atoms with Crippen LogP contribution in [0.1, 0.15) is 19.8 Å². The summed E-state index contributed by atoms with van der Waals surface area (Å²) in [6.07, 6.45) is 2.60. The van der Waals surface area contributed by atoms with E-state index in [1.165, 1.54) is 32.5 Å². The van der Waals surface area contributed by atoms with Gasteiger partial charge in [0.15, 0.2) is 0 Å². The molecule has 1 aliphatic heterocycles. The van der Waals surface area contributed by atoms with Gasteiger partial charge in [-0.2, -0.15) is 0 Å². The maximum Gasteiger partial charge on any atom is 0.0229 e. The molecule has 0 aromatic heterocycles. The van der Waals surface area contributed by atoms with Crippen molar-refractivity contribution in [2.45, 2.75) is 25.8 Å². The average Bonchev–Trinajstić information content (AvgIpc) is 2.38. The predicted octanol–water partition coefficient (Wildman–Crippen LogP) is 0.690. The van der Waals surface area contributed by atoms with Crippen LogP contribution in [0.3, 0.4) is 0 Å². The summed E-state index contributed by atoms with van der Waals surface area (Å²) in [5.74, 6) is 0. The number of hydrogen-bond donors (Lipinski definition) is 1. The van der Waals surface area contributed by atoms with E-state index in [1.807, 2.05) is 0 Å². The molecule has 0 amide bonds. The highest BCUT2D eigenvalue weighted by atomic mass is 15.2. The molecule has 10 heavy (non-hydrogen) atoms. The van der Waals surface area contributed by atoms with Gasteiger partial charge in [0.05, 0.1) is 0 Å². The van der Waals surface area contributed by atoms with Gasteiger partial charge in [-0.1, -0.05) is 6.92 Å². The van der Waals surface area contributed by atoms with E-state index in [0.717, 1.165) is 6.04 Å². The quantitative estimate of drug-likeness (QED) is 0.623. The molecule has 1 rings (SSSR count). The molecular weight excluding hydrogens is 124 g/mol. The third-order valence-electron chi connectivity index (χ3n) is 2.23. The van der Waals surface area contributed by atoms with Crippen LogP contribution < -0.4 is 5.32 Å². The van der Waals surface area contributed by atoms with Crippen LogP contribution in [0.5, 0.6) is 0 Å². The standard InChI is InChI=1S/C8H18N2/c1-3-6-10(2)8-4-5-9-7-8/h8-9H,3-7H2,1-2H3. The van der Waals surface area contributed by atoms with E-state index in [-0.39, 0.29) is 0 Å². The molecule has 1 heterocycles. The predicted molar refractivity (Wildman–Crippen MR) is 44.2 cm³/mol. The fourth-order valence-corrected chi connectivity index (χ4v) is 1.55. The fraction of sp³-hybridized carbons (Fsp3) is 1.00. The van der Waals surface area contributed by atoms with Crippen molar-refractivity contribution in [3.05, 3.63) is 0 Å². The summed E-state index contributed by atoms with van der Waals surface area (Å²) in [5.41, 5.74) is 0. The summed E-state index contributed by atoms with van der Waals surface area (Å²) < 4.78 is 0. The van der Waals surface area contributed by atoms with E-state index in [0.29, 0.717) is 0 Å². The lowest BCUT2D eigenvalue weighted by atomic mass is 10.2. The molecule has 0 bridgehead atoms. The smallest absolute Gasteiger partial charge is 0.0229 e. The highest BCUT2D eigenvalue weighted by molar-refractivity contribution is 4.78. The summed E-state index contributed by atoms with van der Waals surface area (Å²) >= 11 is 0. The second-order valence-corrected chi connectivity index (χ2v) is 3.13. The zero-order valence-corrected chi connectivity index (χ0v) is 7.06. The maximum absolute atomic E-state index is 3.37. The Morgan fingerprint density at radius 1 is 1.60 bits per heavy atom. The Kier molecular flexibility index (Phi) is 3.16. The fourth-order valence-electron chi connectivity index (χ4n) is 1.55. The molecule has 2 heteroatoms. The normalized spacial score (nSPS) is 26.1. The van der Waals surface area contributed by atoms with Gasteiger partial charge in [-0.05, 0) is 33.0 Å². The van der Waals surface area contributed by atoms with Crippen molar-refractivity contribution in [1.82, 2.24) is 10.2 Å². The average molecular weight is 142 g/mol. The van der Waals surface area contributed by atoms with Crippen molar-refractivity contribution in [3.63, 3.8) is 0 Å². The van der Waals surface area contributed by atoms with Crippen molar-refractivity contribution < 1.29 is 0 Å². The van der Waals surface area contributed by atoms with Crippen LogP contribution in [0.4, 0.5) is 0 Å². The summed E-state index contributed by atoms with van der Waals surface area (Å²) in [4.78, 5) is 2.46. The first-order valence-electron chi connectivity index (χ1n) is 4.25.